The molecule has 6 nitrogen and oxygen atoms in total. The molecule has 152 valence electrons. The highest BCUT2D eigenvalue weighted by molar-refractivity contribution is 5.93. The summed E-state index contributed by atoms with van der Waals surface area (Å²) in [4.78, 5) is 20.2. The van der Waals surface area contributed by atoms with Crippen molar-refractivity contribution in [1.29, 1.82) is 0 Å². The molecule has 2 heterocycles. The normalized spacial score (nSPS) is 11.6. The van der Waals surface area contributed by atoms with Crippen LogP contribution in [-0.2, 0) is 18.4 Å². The average molecular weight is 393 g/mol. The first kappa shape index (κ1) is 20.7. The minimum atomic E-state index is -1.03. The third-order valence-corrected chi connectivity index (χ3v) is 4.78. The van der Waals surface area contributed by atoms with Crippen LogP contribution in [-0.4, -0.2) is 30.8 Å². The van der Waals surface area contributed by atoms with Crippen molar-refractivity contribution < 1.29 is 9.90 Å². The standard InChI is InChI=1S/C23H28N4O2/c1-5-6-9-19-25-22(23(2,3)4)26-27(19)15-16-10-12-17(13-11-16)18-8-7-14-24-20(18)21(28)29/h7-8,10-14H,5-6,9,15H2,1-4H3,(H,28,29). The van der Waals surface area contributed by atoms with Gasteiger partial charge in [0, 0.05) is 23.6 Å². The smallest absolute Gasteiger partial charge is 0.355 e. The summed E-state index contributed by atoms with van der Waals surface area (Å²) in [6.07, 6.45) is 4.61. The van der Waals surface area contributed by atoms with Gasteiger partial charge in [-0.1, -0.05) is 64.4 Å². The molecule has 0 aliphatic rings. The number of benzene rings is 1. The molecule has 0 amide bonds. The highest BCUT2D eigenvalue weighted by Gasteiger charge is 2.21. The van der Waals surface area contributed by atoms with E-state index in [9.17, 15) is 9.90 Å². The molecule has 0 unspecified atom stereocenters. The van der Waals surface area contributed by atoms with Gasteiger partial charge in [-0.2, -0.15) is 5.10 Å². The number of unbranched alkanes of at least 4 members (excludes halogenated alkanes) is 1. The molecule has 0 aliphatic heterocycles. The number of carbonyl (C=O) groups is 1. The lowest BCUT2D eigenvalue weighted by atomic mass is 9.96. The third-order valence-electron chi connectivity index (χ3n) is 4.78. The van der Waals surface area contributed by atoms with Gasteiger partial charge in [0.25, 0.3) is 0 Å². The lowest BCUT2D eigenvalue weighted by Gasteiger charge is -2.12. The fourth-order valence-electron chi connectivity index (χ4n) is 3.11. The van der Waals surface area contributed by atoms with Gasteiger partial charge >= 0.3 is 5.97 Å². The van der Waals surface area contributed by atoms with Crippen molar-refractivity contribution in [2.45, 2.75) is 58.9 Å². The van der Waals surface area contributed by atoms with Gasteiger partial charge in [-0.05, 0) is 23.6 Å². The maximum Gasteiger partial charge on any atom is 0.355 e. The van der Waals surface area contributed by atoms with Crippen molar-refractivity contribution in [2.24, 2.45) is 0 Å². The van der Waals surface area contributed by atoms with Crippen molar-refractivity contribution in [3.05, 3.63) is 65.5 Å². The van der Waals surface area contributed by atoms with E-state index in [0.29, 0.717) is 12.1 Å². The number of nitrogens with zero attached hydrogens (tertiary/aromatic N) is 4. The zero-order chi connectivity index (χ0) is 21.0. The fraction of sp³-hybridized carbons (Fsp3) is 0.391. The van der Waals surface area contributed by atoms with Crippen LogP contribution in [0, 0.1) is 0 Å². The molecule has 0 saturated carbocycles. The molecule has 0 fully saturated rings. The van der Waals surface area contributed by atoms with Gasteiger partial charge in [-0.25, -0.2) is 19.4 Å². The maximum atomic E-state index is 11.4. The highest BCUT2D eigenvalue weighted by Crippen LogP contribution is 2.24. The van der Waals surface area contributed by atoms with Crippen LogP contribution in [0.5, 0.6) is 0 Å². The van der Waals surface area contributed by atoms with Crippen molar-refractivity contribution in [2.75, 3.05) is 0 Å². The van der Waals surface area contributed by atoms with Gasteiger partial charge in [-0.15, -0.1) is 0 Å². The molecular formula is C23H28N4O2. The Hall–Kier alpha value is -3.02. The summed E-state index contributed by atoms with van der Waals surface area (Å²) >= 11 is 0. The number of carboxylic acid groups (broad SMARTS) is 1. The number of rotatable bonds is 7. The van der Waals surface area contributed by atoms with Crippen molar-refractivity contribution >= 4 is 5.97 Å². The Bertz CT molecular complexity index is 985. The van der Waals surface area contributed by atoms with Crippen LogP contribution in [0.15, 0.2) is 42.6 Å². The van der Waals surface area contributed by atoms with Gasteiger partial charge in [-0.3, -0.25) is 0 Å². The summed E-state index contributed by atoms with van der Waals surface area (Å²) in [6.45, 7) is 9.19. The number of hydrogen-bond acceptors (Lipinski definition) is 4. The molecule has 0 saturated heterocycles. The Morgan fingerprint density at radius 1 is 1.14 bits per heavy atom. The Morgan fingerprint density at radius 2 is 1.86 bits per heavy atom. The van der Waals surface area contributed by atoms with Crippen LogP contribution >= 0.6 is 0 Å². The summed E-state index contributed by atoms with van der Waals surface area (Å²) in [5, 5.41) is 14.1. The molecule has 0 radical (unpaired) electrons. The first-order valence-corrected chi connectivity index (χ1v) is 10.0. The predicted molar refractivity (Wildman–Crippen MR) is 113 cm³/mol. The summed E-state index contributed by atoms with van der Waals surface area (Å²) in [5.41, 5.74) is 2.51. The van der Waals surface area contributed by atoms with Gasteiger partial charge in [0.15, 0.2) is 11.5 Å². The Labute approximate surface area is 171 Å². The fourth-order valence-corrected chi connectivity index (χ4v) is 3.11. The SMILES string of the molecule is CCCCc1nc(C(C)(C)C)nn1Cc1ccc(-c2cccnc2C(=O)O)cc1. The highest BCUT2D eigenvalue weighted by atomic mass is 16.4. The molecule has 0 atom stereocenters. The summed E-state index contributed by atoms with van der Waals surface area (Å²) < 4.78 is 2.00. The predicted octanol–water partition coefficient (Wildman–Crippen LogP) is 4.73. The van der Waals surface area contributed by atoms with E-state index in [1.165, 1.54) is 6.20 Å². The number of aryl methyl sites for hydroxylation is 1. The monoisotopic (exact) mass is 392 g/mol. The van der Waals surface area contributed by atoms with E-state index in [4.69, 9.17) is 10.1 Å². The zero-order valence-corrected chi connectivity index (χ0v) is 17.5. The lowest BCUT2D eigenvalue weighted by molar-refractivity contribution is 0.0691. The molecule has 6 heteroatoms. The van der Waals surface area contributed by atoms with E-state index in [-0.39, 0.29) is 11.1 Å². The minimum absolute atomic E-state index is 0.0631. The molecule has 3 rings (SSSR count). The first-order valence-electron chi connectivity index (χ1n) is 10.0. The Kier molecular flexibility index (Phi) is 6.11. The molecule has 3 aromatic rings. The van der Waals surface area contributed by atoms with E-state index in [0.717, 1.165) is 42.0 Å². The van der Waals surface area contributed by atoms with Crippen LogP contribution in [0.4, 0.5) is 0 Å². The van der Waals surface area contributed by atoms with E-state index in [1.807, 2.05) is 28.9 Å². The van der Waals surface area contributed by atoms with Crippen molar-refractivity contribution in [3.8, 4) is 11.1 Å². The molecule has 2 aromatic heterocycles. The van der Waals surface area contributed by atoms with Crippen molar-refractivity contribution in [1.82, 2.24) is 19.7 Å². The summed E-state index contributed by atoms with van der Waals surface area (Å²) in [5.74, 6) is 0.852. The number of pyridine rings is 1. The van der Waals surface area contributed by atoms with Crippen molar-refractivity contribution in [3.63, 3.8) is 0 Å². The second kappa shape index (κ2) is 8.55. The van der Waals surface area contributed by atoms with Gasteiger partial charge in [0.05, 0.1) is 6.54 Å². The second-order valence-electron chi connectivity index (χ2n) is 8.26. The summed E-state index contributed by atoms with van der Waals surface area (Å²) in [6, 6.07) is 11.4. The topological polar surface area (TPSA) is 80.9 Å². The number of carboxylic acids is 1. The van der Waals surface area contributed by atoms with E-state index in [1.54, 1.807) is 12.1 Å². The van der Waals surface area contributed by atoms with Gasteiger partial charge < -0.3 is 5.11 Å². The first-order chi connectivity index (χ1) is 13.8. The second-order valence-corrected chi connectivity index (χ2v) is 8.26. The van der Waals surface area contributed by atoms with Crippen LogP contribution in [0.3, 0.4) is 0 Å². The zero-order valence-electron chi connectivity index (χ0n) is 17.5. The molecule has 1 aromatic carbocycles. The molecule has 0 aliphatic carbocycles. The van der Waals surface area contributed by atoms with E-state index < -0.39 is 5.97 Å². The number of aromatic nitrogens is 4. The maximum absolute atomic E-state index is 11.4. The average Bonchev–Trinajstić information content (AvgIpc) is 3.10. The molecule has 0 bridgehead atoms. The lowest BCUT2D eigenvalue weighted by Crippen LogP contribution is -2.14. The van der Waals surface area contributed by atoms with Gasteiger partial charge in [0.2, 0.25) is 0 Å². The largest absolute Gasteiger partial charge is 0.476 e. The molecule has 1 N–H and O–H groups in total. The minimum Gasteiger partial charge on any atom is -0.476 e. The molecular weight excluding hydrogens is 364 g/mol. The number of aromatic carboxylic acids is 1. The van der Waals surface area contributed by atoms with E-state index >= 15 is 0 Å². The van der Waals surface area contributed by atoms with Gasteiger partial charge in [0.1, 0.15) is 5.82 Å². The molecule has 0 spiro atoms. The van der Waals surface area contributed by atoms with E-state index in [2.05, 4.69) is 32.7 Å². The van der Waals surface area contributed by atoms with Crippen LogP contribution in [0.25, 0.3) is 11.1 Å². The molecule has 29 heavy (non-hydrogen) atoms. The number of hydrogen-bond donors (Lipinski definition) is 1. The van der Waals surface area contributed by atoms with Crippen LogP contribution < -0.4 is 0 Å². The Balaban J connectivity index is 1.87. The summed E-state index contributed by atoms with van der Waals surface area (Å²) in [7, 11) is 0. The van der Waals surface area contributed by atoms with Crippen LogP contribution in [0.2, 0.25) is 0 Å². The Morgan fingerprint density at radius 3 is 2.48 bits per heavy atom. The van der Waals surface area contributed by atoms with Crippen LogP contribution in [0.1, 0.15) is 68.2 Å². The quantitative estimate of drug-likeness (QED) is 0.629. The third kappa shape index (κ3) is 4.88.